The molecule has 0 radical (unpaired) electrons. The van der Waals surface area contributed by atoms with Crippen LogP contribution < -0.4 is 0 Å². The van der Waals surface area contributed by atoms with Crippen molar-refractivity contribution in [3.63, 3.8) is 0 Å². The molecule has 0 aromatic heterocycles. The van der Waals surface area contributed by atoms with Crippen molar-refractivity contribution in [1.29, 1.82) is 0 Å². The zero-order chi connectivity index (χ0) is 10.0. The standard InChI is InChI=1S/C4H6F4O2.C2H4/c5-1-2-9-4(7,8)10-3-6;1-2/h1-3H2;1-2H2. The summed E-state index contributed by atoms with van der Waals surface area (Å²) in [6.45, 7) is 2.46. The third kappa shape index (κ3) is 9.38. The maximum atomic E-state index is 11.8. The topological polar surface area (TPSA) is 18.5 Å². The molecule has 0 aliphatic heterocycles. The zero-order valence-corrected chi connectivity index (χ0v) is 6.36. The molecule has 0 saturated carbocycles. The lowest BCUT2D eigenvalue weighted by Crippen LogP contribution is -2.25. The van der Waals surface area contributed by atoms with Gasteiger partial charge in [-0.25, -0.2) is 8.78 Å². The molecule has 0 amide bonds. The molecule has 0 aliphatic carbocycles. The van der Waals surface area contributed by atoms with Crippen LogP contribution >= 0.6 is 0 Å². The Kier molecular flexibility index (Phi) is 9.84. The summed E-state index contributed by atoms with van der Waals surface area (Å²) in [4.78, 5) is 0. The Bertz CT molecular complexity index is 99.5. The van der Waals surface area contributed by atoms with Crippen molar-refractivity contribution in [1.82, 2.24) is 0 Å². The van der Waals surface area contributed by atoms with E-state index < -0.39 is 26.4 Å². The highest BCUT2D eigenvalue weighted by Crippen LogP contribution is 2.16. The molecule has 0 heterocycles. The molecule has 2 nitrogen and oxygen atoms in total. The number of rotatable bonds is 5. The van der Waals surface area contributed by atoms with Crippen molar-refractivity contribution in [2.75, 3.05) is 20.1 Å². The van der Waals surface area contributed by atoms with E-state index in [0.717, 1.165) is 0 Å². The van der Waals surface area contributed by atoms with Gasteiger partial charge in [0.25, 0.3) is 0 Å². The summed E-state index contributed by atoms with van der Waals surface area (Å²) in [6.07, 6.45) is -4.01. The Labute approximate surface area is 67.8 Å². The van der Waals surface area contributed by atoms with Crippen molar-refractivity contribution in [2.24, 2.45) is 0 Å². The lowest BCUT2D eigenvalue weighted by molar-refractivity contribution is -0.401. The highest BCUT2D eigenvalue weighted by molar-refractivity contribution is 4.31. The van der Waals surface area contributed by atoms with Crippen molar-refractivity contribution in [3.8, 4) is 0 Å². The average molecular weight is 190 g/mol. The lowest BCUT2D eigenvalue weighted by atomic mass is 10.8. The number of alkyl halides is 4. The van der Waals surface area contributed by atoms with Crippen molar-refractivity contribution in [2.45, 2.75) is 6.29 Å². The van der Waals surface area contributed by atoms with E-state index >= 15 is 0 Å². The molecule has 0 rings (SSSR count). The minimum Gasteiger partial charge on any atom is -0.293 e. The van der Waals surface area contributed by atoms with Gasteiger partial charge in [-0.1, -0.05) is 0 Å². The smallest absolute Gasteiger partial charge is 0.293 e. The van der Waals surface area contributed by atoms with Crippen molar-refractivity contribution < 1.29 is 27.0 Å². The summed E-state index contributed by atoms with van der Waals surface area (Å²) in [5.74, 6) is 0. The van der Waals surface area contributed by atoms with Gasteiger partial charge in [0, 0.05) is 0 Å². The number of hydrogen-bond acceptors (Lipinski definition) is 2. The van der Waals surface area contributed by atoms with Gasteiger partial charge < -0.3 is 0 Å². The van der Waals surface area contributed by atoms with Gasteiger partial charge in [-0.3, -0.25) is 9.47 Å². The molecule has 0 bridgehead atoms. The Morgan fingerprint density at radius 1 is 1.08 bits per heavy atom. The fourth-order valence-corrected chi connectivity index (χ4v) is 0.263. The molecular formula is C6H10F4O2. The minimum atomic E-state index is -4.01. The summed E-state index contributed by atoms with van der Waals surface area (Å²) in [7, 11) is 0. The summed E-state index contributed by atoms with van der Waals surface area (Å²) < 4.78 is 52.3. The lowest BCUT2D eigenvalue weighted by Gasteiger charge is -2.12. The zero-order valence-electron chi connectivity index (χ0n) is 6.36. The third-order valence-electron chi connectivity index (χ3n) is 0.570. The summed E-state index contributed by atoms with van der Waals surface area (Å²) >= 11 is 0. The van der Waals surface area contributed by atoms with E-state index in [1.807, 2.05) is 0 Å². The Balaban J connectivity index is 0. The maximum Gasteiger partial charge on any atom is 0.487 e. The summed E-state index contributed by atoms with van der Waals surface area (Å²) in [5.41, 5.74) is 0. The Morgan fingerprint density at radius 2 is 1.58 bits per heavy atom. The monoisotopic (exact) mass is 190 g/mol. The van der Waals surface area contributed by atoms with Gasteiger partial charge in [0.15, 0.2) is 6.86 Å². The van der Waals surface area contributed by atoms with Gasteiger partial charge in [-0.05, 0) is 0 Å². The third-order valence-corrected chi connectivity index (χ3v) is 0.570. The number of ether oxygens (including phenoxy) is 2. The van der Waals surface area contributed by atoms with E-state index in [2.05, 4.69) is 22.6 Å². The minimum absolute atomic E-state index is 0.812. The van der Waals surface area contributed by atoms with Crippen LogP contribution in [-0.2, 0) is 9.47 Å². The van der Waals surface area contributed by atoms with Gasteiger partial charge in [-0.15, -0.1) is 21.9 Å². The fourth-order valence-electron chi connectivity index (χ4n) is 0.263. The normalized spacial score (nSPS) is 10.3. The predicted octanol–water partition coefficient (Wildman–Crippen LogP) is 2.27. The van der Waals surface area contributed by atoms with Crippen LogP contribution in [0, 0.1) is 0 Å². The van der Waals surface area contributed by atoms with Gasteiger partial charge in [0.2, 0.25) is 0 Å². The van der Waals surface area contributed by atoms with E-state index in [1.165, 1.54) is 0 Å². The Hall–Kier alpha value is -0.620. The molecule has 0 unspecified atom stereocenters. The van der Waals surface area contributed by atoms with Gasteiger partial charge in [-0.2, -0.15) is 0 Å². The average Bonchev–Trinajstić information content (AvgIpc) is 2.05. The predicted molar refractivity (Wildman–Crippen MR) is 35.2 cm³/mol. The molecule has 0 atom stereocenters. The molecular weight excluding hydrogens is 180 g/mol. The first kappa shape index (κ1) is 13.9. The van der Waals surface area contributed by atoms with Crippen LogP contribution in [-0.4, -0.2) is 26.4 Å². The maximum absolute atomic E-state index is 11.8. The van der Waals surface area contributed by atoms with Crippen LogP contribution in [0.4, 0.5) is 17.6 Å². The largest absolute Gasteiger partial charge is 0.487 e. The van der Waals surface area contributed by atoms with Crippen LogP contribution in [0.15, 0.2) is 13.2 Å². The Morgan fingerprint density at radius 3 is 1.92 bits per heavy atom. The molecule has 0 spiro atoms. The molecule has 6 heteroatoms. The highest BCUT2D eigenvalue weighted by atomic mass is 19.3. The van der Waals surface area contributed by atoms with E-state index in [9.17, 15) is 17.6 Å². The van der Waals surface area contributed by atoms with E-state index in [-0.39, 0.29) is 0 Å². The second kappa shape index (κ2) is 8.48. The van der Waals surface area contributed by atoms with Crippen LogP contribution in [0.2, 0.25) is 0 Å². The summed E-state index contributed by atoms with van der Waals surface area (Å²) in [6, 6.07) is 0. The first-order valence-electron chi connectivity index (χ1n) is 2.90. The van der Waals surface area contributed by atoms with Crippen LogP contribution in [0.25, 0.3) is 0 Å². The number of halogens is 4. The SMILES string of the molecule is C=C.FCCOC(F)(F)OCF. The van der Waals surface area contributed by atoms with Crippen molar-refractivity contribution >= 4 is 0 Å². The second-order valence-corrected chi connectivity index (χ2v) is 1.25. The van der Waals surface area contributed by atoms with Crippen LogP contribution in [0.5, 0.6) is 0 Å². The first-order valence-corrected chi connectivity index (χ1v) is 2.90. The molecule has 0 aliphatic rings. The first-order chi connectivity index (χ1) is 5.62. The second-order valence-electron chi connectivity index (χ2n) is 1.25. The molecule has 0 aromatic rings. The molecule has 12 heavy (non-hydrogen) atoms. The fraction of sp³-hybridized carbons (Fsp3) is 0.667. The molecule has 0 saturated heterocycles. The van der Waals surface area contributed by atoms with E-state index in [1.54, 1.807) is 0 Å². The summed E-state index contributed by atoms with van der Waals surface area (Å²) in [5, 5.41) is 0. The van der Waals surface area contributed by atoms with E-state index in [4.69, 9.17) is 0 Å². The van der Waals surface area contributed by atoms with Gasteiger partial charge in [0.05, 0.1) is 6.61 Å². The molecule has 0 N–H and O–H groups in total. The van der Waals surface area contributed by atoms with Crippen molar-refractivity contribution in [3.05, 3.63) is 13.2 Å². The van der Waals surface area contributed by atoms with E-state index in [0.29, 0.717) is 0 Å². The number of hydrogen-bond donors (Lipinski definition) is 0. The molecule has 74 valence electrons. The van der Waals surface area contributed by atoms with Crippen LogP contribution in [0.3, 0.4) is 0 Å². The molecule has 0 aromatic carbocycles. The van der Waals surface area contributed by atoms with Gasteiger partial charge >= 0.3 is 6.29 Å². The highest BCUT2D eigenvalue weighted by Gasteiger charge is 2.31. The molecule has 0 fully saturated rings. The van der Waals surface area contributed by atoms with Crippen LogP contribution in [0.1, 0.15) is 0 Å². The quantitative estimate of drug-likeness (QED) is 0.376. The van der Waals surface area contributed by atoms with Gasteiger partial charge in [0.1, 0.15) is 6.67 Å².